The van der Waals surface area contributed by atoms with Gasteiger partial charge >= 0.3 is 6.18 Å². The third kappa shape index (κ3) is 6.31. The lowest BCUT2D eigenvalue weighted by molar-refractivity contribution is -0.141. The molecule has 5 N–H and O–H groups in total. The Balaban J connectivity index is 1.43. The quantitative estimate of drug-likeness (QED) is 0.286. The van der Waals surface area contributed by atoms with Crippen LogP contribution in [0.2, 0.25) is 5.02 Å². The summed E-state index contributed by atoms with van der Waals surface area (Å²) in [7, 11) is 1.67. The molecule has 1 saturated carbocycles. The Morgan fingerprint density at radius 3 is 2.68 bits per heavy atom. The Labute approximate surface area is 216 Å². The molecule has 0 saturated heterocycles. The van der Waals surface area contributed by atoms with Crippen LogP contribution in [0.25, 0.3) is 0 Å². The third-order valence-corrected chi connectivity index (χ3v) is 6.43. The molecular formula is C24H27ClF3N7O2. The number of amides is 2. The van der Waals surface area contributed by atoms with Gasteiger partial charge in [0.05, 0.1) is 10.6 Å². The number of nitrogens with one attached hydrogen (secondary N) is 3. The maximum atomic E-state index is 13.4. The number of nitrogens with two attached hydrogens (primary N) is 1. The molecule has 2 heterocycles. The normalized spacial score (nSPS) is 13.6. The van der Waals surface area contributed by atoms with E-state index < -0.39 is 17.8 Å². The van der Waals surface area contributed by atoms with Gasteiger partial charge in [0.2, 0.25) is 0 Å². The molecule has 0 atom stereocenters. The fraction of sp³-hybridized carbons (Fsp3) is 0.417. The minimum absolute atomic E-state index is 0.0367. The molecule has 1 aliphatic rings. The van der Waals surface area contributed by atoms with E-state index in [1.165, 1.54) is 24.4 Å². The average Bonchev–Trinajstić information content (AvgIpc) is 3.41. The molecular weight excluding hydrogens is 511 g/mol. The van der Waals surface area contributed by atoms with Crippen molar-refractivity contribution in [2.24, 2.45) is 5.73 Å². The number of benzene rings is 1. The van der Waals surface area contributed by atoms with Crippen LogP contribution in [0.15, 0.2) is 24.4 Å². The standard InChI is InChI=1S/C24H27ClF3N7O2/c1-35(9-3-2-8-29)23(37)16-7-6-14(11-18(16)25)32-22(36)21-30-12-15(31-21)10-17-19(13-4-5-13)33-34-20(17)24(26,27)28/h6-7,11-13H,2-5,8-10,29H2,1H3,(H,30,31)(H,32,36)(H,33,34). The van der Waals surface area contributed by atoms with Gasteiger partial charge in [-0.05, 0) is 50.4 Å². The van der Waals surface area contributed by atoms with Gasteiger partial charge in [0.25, 0.3) is 11.8 Å². The number of H-pyrrole nitrogens is 2. The summed E-state index contributed by atoms with van der Waals surface area (Å²) >= 11 is 6.30. The molecule has 1 aromatic carbocycles. The second kappa shape index (κ2) is 10.9. The van der Waals surface area contributed by atoms with Crippen molar-refractivity contribution >= 4 is 29.1 Å². The lowest BCUT2D eigenvalue weighted by atomic mass is 10.0. The summed E-state index contributed by atoms with van der Waals surface area (Å²) in [5.41, 5.74) is 6.04. The molecule has 0 bridgehead atoms. The van der Waals surface area contributed by atoms with E-state index in [4.69, 9.17) is 17.3 Å². The van der Waals surface area contributed by atoms with Crippen molar-refractivity contribution in [3.05, 3.63) is 63.5 Å². The van der Waals surface area contributed by atoms with Crippen LogP contribution >= 0.6 is 11.6 Å². The molecule has 198 valence electrons. The van der Waals surface area contributed by atoms with Gasteiger partial charge in [-0.3, -0.25) is 14.7 Å². The number of carbonyl (C=O) groups excluding carboxylic acids is 2. The number of hydrogen-bond acceptors (Lipinski definition) is 5. The van der Waals surface area contributed by atoms with Crippen LogP contribution in [0, 0.1) is 0 Å². The number of aromatic nitrogens is 4. The summed E-state index contributed by atoms with van der Waals surface area (Å²) in [5, 5.41) is 8.82. The van der Waals surface area contributed by atoms with Crippen molar-refractivity contribution in [2.45, 2.75) is 44.2 Å². The molecule has 13 heteroatoms. The van der Waals surface area contributed by atoms with Crippen LogP contribution < -0.4 is 11.1 Å². The first-order valence-corrected chi connectivity index (χ1v) is 12.2. The zero-order chi connectivity index (χ0) is 26.7. The molecule has 1 fully saturated rings. The maximum absolute atomic E-state index is 13.4. The van der Waals surface area contributed by atoms with Crippen LogP contribution in [-0.2, 0) is 12.6 Å². The van der Waals surface area contributed by atoms with E-state index in [2.05, 4.69) is 25.5 Å². The molecule has 2 aromatic heterocycles. The highest BCUT2D eigenvalue weighted by molar-refractivity contribution is 6.34. The number of anilines is 1. The Morgan fingerprint density at radius 1 is 1.27 bits per heavy atom. The van der Waals surface area contributed by atoms with Crippen molar-refractivity contribution in [3.8, 4) is 0 Å². The van der Waals surface area contributed by atoms with E-state index in [0.29, 0.717) is 35.7 Å². The van der Waals surface area contributed by atoms with Gasteiger partial charge in [-0.1, -0.05) is 11.6 Å². The number of imidazole rings is 1. The van der Waals surface area contributed by atoms with Crippen molar-refractivity contribution in [1.82, 2.24) is 25.1 Å². The van der Waals surface area contributed by atoms with Gasteiger partial charge in [-0.15, -0.1) is 0 Å². The minimum atomic E-state index is -4.59. The number of halogens is 4. The maximum Gasteiger partial charge on any atom is 0.435 e. The highest BCUT2D eigenvalue weighted by Gasteiger charge is 2.40. The number of alkyl halides is 3. The lowest BCUT2D eigenvalue weighted by Gasteiger charge is -2.18. The van der Waals surface area contributed by atoms with E-state index in [1.54, 1.807) is 11.9 Å². The summed E-state index contributed by atoms with van der Waals surface area (Å²) in [6, 6.07) is 4.51. The van der Waals surface area contributed by atoms with Crippen LogP contribution in [0.1, 0.15) is 75.2 Å². The van der Waals surface area contributed by atoms with Crippen LogP contribution in [-0.4, -0.2) is 57.0 Å². The van der Waals surface area contributed by atoms with Crippen LogP contribution in [0.4, 0.5) is 18.9 Å². The number of rotatable bonds is 10. The van der Waals surface area contributed by atoms with Crippen molar-refractivity contribution < 1.29 is 22.8 Å². The molecule has 2 amide bonds. The molecule has 0 aliphatic heterocycles. The third-order valence-electron chi connectivity index (χ3n) is 6.12. The van der Waals surface area contributed by atoms with Gasteiger partial charge < -0.3 is 20.9 Å². The van der Waals surface area contributed by atoms with Gasteiger partial charge in [-0.25, -0.2) is 4.98 Å². The lowest BCUT2D eigenvalue weighted by Crippen LogP contribution is -2.28. The summed E-state index contributed by atoms with van der Waals surface area (Å²) in [6.45, 7) is 1.09. The van der Waals surface area contributed by atoms with Gasteiger partial charge in [0, 0.05) is 54.8 Å². The summed E-state index contributed by atoms with van der Waals surface area (Å²) in [5.74, 6) is -0.893. The van der Waals surface area contributed by atoms with E-state index >= 15 is 0 Å². The van der Waals surface area contributed by atoms with Crippen molar-refractivity contribution in [1.29, 1.82) is 0 Å². The number of aromatic amines is 2. The minimum Gasteiger partial charge on any atom is -0.342 e. The molecule has 0 radical (unpaired) electrons. The number of hydrogen-bond donors (Lipinski definition) is 4. The Hall–Kier alpha value is -3.38. The number of nitrogens with zero attached hydrogens (tertiary/aromatic N) is 3. The molecule has 37 heavy (non-hydrogen) atoms. The number of unbranched alkanes of at least 4 members (excludes halogenated alkanes) is 1. The Bertz CT molecular complexity index is 1280. The van der Waals surface area contributed by atoms with Crippen molar-refractivity contribution in [2.75, 3.05) is 25.5 Å². The summed E-state index contributed by atoms with van der Waals surface area (Å²) < 4.78 is 40.3. The van der Waals surface area contributed by atoms with Crippen LogP contribution in [0.5, 0.6) is 0 Å². The zero-order valence-electron chi connectivity index (χ0n) is 20.1. The first-order valence-electron chi connectivity index (χ1n) is 11.8. The van der Waals surface area contributed by atoms with E-state index in [-0.39, 0.29) is 34.7 Å². The summed E-state index contributed by atoms with van der Waals surface area (Å²) in [4.78, 5) is 33.7. The first kappa shape index (κ1) is 26.7. The SMILES string of the molecule is CN(CCCCN)C(=O)c1ccc(NC(=O)c2ncc(Cc3c(C(F)(F)F)n[nH]c3C3CC3)[nH]2)cc1Cl. The highest BCUT2D eigenvalue weighted by atomic mass is 35.5. The summed E-state index contributed by atoms with van der Waals surface area (Å²) in [6.07, 6.45) is -0.173. The number of carbonyl (C=O) groups is 2. The Morgan fingerprint density at radius 2 is 2.03 bits per heavy atom. The van der Waals surface area contributed by atoms with Crippen molar-refractivity contribution in [3.63, 3.8) is 0 Å². The second-order valence-corrected chi connectivity index (χ2v) is 9.45. The highest BCUT2D eigenvalue weighted by Crippen LogP contribution is 2.44. The molecule has 4 rings (SSSR count). The predicted molar refractivity (Wildman–Crippen MR) is 132 cm³/mol. The largest absolute Gasteiger partial charge is 0.435 e. The van der Waals surface area contributed by atoms with E-state index in [1.807, 2.05) is 0 Å². The fourth-order valence-corrected chi connectivity index (χ4v) is 4.28. The molecule has 9 nitrogen and oxygen atoms in total. The smallest absolute Gasteiger partial charge is 0.342 e. The fourth-order valence-electron chi connectivity index (χ4n) is 4.01. The molecule has 1 aliphatic carbocycles. The zero-order valence-corrected chi connectivity index (χ0v) is 20.8. The van der Waals surface area contributed by atoms with Gasteiger partial charge in [-0.2, -0.15) is 18.3 Å². The Kier molecular flexibility index (Phi) is 7.88. The van der Waals surface area contributed by atoms with Gasteiger partial charge in [0.15, 0.2) is 11.5 Å². The monoisotopic (exact) mass is 537 g/mol. The molecule has 0 unspecified atom stereocenters. The first-order chi connectivity index (χ1) is 17.6. The van der Waals surface area contributed by atoms with E-state index in [9.17, 15) is 22.8 Å². The van der Waals surface area contributed by atoms with Gasteiger partial charge in [0.1, 0.15) is 0 Å². The molecule has 3 aromatic rings. The average molecular weight is 538 g/mol. The van der Waals surface area contributed by atoms with E-state index in [0.717, 1.165) is 25.7 Å². The van der Waals surface area contributed by atoms with Crippen LogP contribution in [0.3, 0.4) is 0 Å². The predicted octanol–water partition coefficient (Wildman–Crippen LogP) is 4.34. The molecule has 0 spiro atoms. The second-order valence-electron chi connectivity index (χ2n) is 9.04. The topological polar surface area (TPSA) is 133 Å².